The van der Waals surface area contributed by atoms with Gasteiger partial charge in [0.2, 0.25) is 6.79 Å². The van der Waals surface area contributed by atoms with Crippen molar-refractivity contribution in [1.29, 1.82) is 0 Å². The Kier molecular flexibility index (Phi) is 4.17. The topological polar surface area (TPSA) is 79.8 Å². The van der Waals surface area contributed by atoms with E-state index in [0.29, 0.717) is 17.2 Å². The minimum atomic E-state index is -0.706. The molecule has 0 bridgehead atoms. The number of aliphatic hydroxyl groups excluding tert-OH is 1. The van der Waals surface area contributed by atoms with Crippen LogP contribution < -0.4 is 20.1 Å². The second-order valence-corrected chi connectivity index (χ2v) is 5.83. The minimum Gasteiger partial charge on any atom is -0.454 e. The van der Waals surface area contributed by atoms with E-state index < -0.39 is 6.10 Å². The Balaban J connectivity index is 1.53. The van der Waals surface area contributed by atoms with Crippen molar-refractivity contribution in [3.63, 3.8) is 0 Å². The molecule has 1 atom stereocenters. The summed E-state index contributed by atoms with van der Waals surface area (Å²) in [6, 6.07) is 6.72. The van der Waals surface area contributed by atoms with Crippen LogP contribution in [0, 0.1) is 6.92 Å². The van der Waals surface area contributed by atoms with Gasteiger partial charge in [-0.15, -0.1) is 11.3 Å². The Bertz CT molecular complexity index is 686. The summed E-state index contributed by atoms with van der Waals surface area (Å²) in [6.07, 6.45) is -0.706. The number of aryl methyl sites for hydroxylation is 1. The van der Waals surface area contributed by atoms with Gasteiger partial charge < -0.3 is 25.2 Å². The summed E-state index contributed by atoms with van der Waals surface area (Å²) < 4.78 is 10.5. The molecule has 3 N–H and O–H groups in total. The van der Waals surface area contributed by atoms with Crippen LogP contribution in [0.25, 0.3) is 0 Å². The lowest BCUT2D eigenvalue weighted by Gasteiger charge is -2.12. The van der Waals surface area contributed by atoms with Crippen molar-refractivity contribution >= 4 is 23.1 Å². The first-order valence-electron chi connectivity index (χ1n) is 6.80. The van der Waals surface area contributed by atoms with E-state index in [-0.39, 0.29) is 19.4 Å². The summed E-state index contributed by atoms with van der Waals surface area (Å²) in [6.45, 7) is 2.27. The maximum absolute atomic E-state index is 11.9. The number of thiophene rings is 1. The highest BCUT2D eigenvalue weighted by Crippen LogP contribution is 2.34. The van der Waals surface area contributed by atoms with Crippen molar-refractivity contribution in [3.05, 3.63) is 40.1 Å². The van der Waals surface area contributed by atoms with Gasteiger partial charge in [-0.2, -0.15) is 0 Å². The first-order valence-corrected chi connectivity index (χ1v) is 7.68. The van der Waals surface area contributed by atoms with Gasteiger partial charge in [-0.3, -0.25) is 0 Å². The highest BCUT2D eigenvalue weighted by molar-refractivity contribution is 7.10. The van der Waals surface area contributed by atoms with Crippen molar-refractivity contribution in [2.24, 2.45) is 0 Å². The number of aliphatic hydroxyl groups is 1. The van der Waals surface area contributed by atoms with Gasteiger partial charge in [0.25, 0.3) is 0 Å². The van der Waals surface area contributed by atoms with Gasteiger partial charge in [0.05, 0.1) is 6.54 Å². The third-order valence-electron chi connectivity index (χ3n) is 3.29. The van der Waals surface area contributed by atoms with Gasteiger partial charge in [-0.05, 0) is 36.1 Å². The van der Waals surface area contributed by atoms with Crippen molar-refractivity contribution in [1.82, 2.24) is 5.32 Å². The Morgan fingerprint density at radius 3 is 2.95 bits per heavy atom. The lowest BCUT2D eigenvalue weighted by Crippen LogP contribution is -2.32. The molecule has 0 saturated carbocycles. The monoisotopic (exact) mass is 320 g/mol. The van der Waals surface area contributed by atoms with Crippen LogP contribution in [0.3, 0.4) is 0 Å². The fourth-order valence-corrected chi connectivity index (χ4v) is 3.07. The SMILES string of the molecule is Cc1ccsc1[C@@H](O)CNC(=O)Nc1ccc2c(c1)OCO2. The molecular weight excluding hydrogens is 304 g/mol. The maximum atomic E-state index is 11.9. The van der Waals surface area contributed by atoms with E-state index in [1.807, 2.05) is 18.4 Å². The van der Waals surface area contributed by atoms with Crippen molar-refractivity contribution < 1.29 is 19.4 Å². The van der Waals surface area contributed by atoms with E-state index in [2.05, 4.69) is 10.6 Å². The molecule has 22 heavy (non-hydrogen) atoms. The van der Waals surface area contributed by atoms with Crippen molar-refractivity contribution in [2.75, 3.05) is 18.7 Å². The van der Waals surface area contributed by atoms with Gasteiger partial charge in [-0.1, -0.05) is 0 Å². The Labute approximate surface area is 131 Å². The molecule has 0 unspecified atom stereocenters. The molecule has 7 heteroatoms. The smallest absolute Gasteiger partial charge is 0.319 e. The highest BCUT2D eigenvalue weighted by atomic mass is 32.1. The fourth-order valence-electron chi connectivity index (χ4n) is 2.16. The first-order chi connectivity index (χ1) is 10.6. The van der Waals surface area contributed by atoms with Crippen LogP contribution in [-0.2, 0) is 0 Å². The van der Waals surface area contributed by atoms with Crippen LogP contribution in [-0.4, -0.2) is 24.5 Å². The second-order valence-electron chi connectivity index (χ2n) is 4.89. The largest absolute Gasteiger partial charge is 0.454 e. The zero-order chi connectivity index (χ0) is 15.5. The lowest BCUT2D eigenvalue weighted by atomic mass is 10.2. The van der Waals surface area contributed by atoms with Gasteiger partial charge >= 0.3 is 6.03 Å². The van der Waals surface area contributed by atoms with Gasteiger partial charge in [0.15, 0.2) is 11.5 Å². The zero-order valence-electron chi connectivity index (χ0n) is 12.0. The summed E-state index contributed by atoms with van der Waals surface area (Å²) in [5.74, 6) is 1.27. The van der Waals surface area contributed by atoms with Crippen LogP contribution in [0.2, 0.25) is 0 Å². The number of hydrogen-bond donors (Lipinski definition) is 3. The van der Waals surface area contributed by atoms with E-state index in [1.165, 1.54) is 11.3 Å². The molecule has 0 aliphatic carbocycles. The molecular formula is C15H16N2O4S. The van der Waals surface area contributed by atoms with Crippen molar-refractivity contribution in [3.8, 4) is 11.5 Å². The van der Waals surface area contributed by atoms with Gasteiger partial charge in [0.1, 0.15) is 6.10 Å². The Hall–Kier alpha value is -2.25. The van der Waals surface area contributed by atoms with Crippen LogP contribution in [0.1, 0.15) is 16.5 Å². The number of benzene rings is 1. The molecule has 0 radical (unpaired) electrons. The van der Waals surface area contributed by atoms with Crippen LogP contribution in [0.4, 0.5) is 10.5 Å². The minimum absolute atomic E-state index is 0.151. The van der Waals surface area contributed by atoms with Crippen LogP contribution >= 0.6 is 11.3 Å². The van der Waals surface area contributed by atoms with Crippen LogP contribution in [0.15, 0.2) is 29.6 Å². The van der Waals surface area contributed by atoms with E-state index in [1.54, 1.807) is 18.2 Å². The maximum Gasteiger partial charge on any atom is 0.319 e. The highest BCUT2D eigenvalue weighted by Gasteiger charge is 2.15. The molecule has 0 spiro atoms. The van der Waals surface area contributed by atoms with E-state index in [9.17, 15) is 9.90 Å². The molecule has 1 aliphatic heterocycles. The molecule has 2 heterocycles. The number of nitrogens with one attached hydrogen (secondary N) is 2. The van der Waals surface area contributed by atoms with E-state index in [4.69, 9.17) is 9.47 Å². The second kappa shape index (κ2) is 6.25. The summed E-state index contributed by atoms with van der Waals surface area (Å²) in [5, 5.41) is 17.3. The van der Waals surface area contributed by atoms with Crippen LogP contribution in [0.5, 0.6) is 11.5 Å². The molecule has 1 aromatic carbocycles. The summed E-state index contributed by atoms with van der Waals surface area (Å²) in [4.78, 5) is 12.7. The number of amides is 2. The molecule has 2 aromatic rings. The third kappa shape index (κ3) is 3.15. The van der Waals surface area contributed by atoms with Gasteiger partial charge in [0, 0.05) is 16.6 Å². The molecule has 1 aromatic heterocycles. The van der Waals surface area contributed by atoms with E-state index >= 15 is 0 Å². The number of ether oxygens (including phenoxy) is 2. The number of carbonyl (C=O) groups is 1. The average Bonchev–Trinajstić information content (AvgIpc) is 3.12. The standard InChI is InChI=1S/C15H16N2O4S/c1-9-4-5-22-14(9)11(18)7-16-15(19)17-10-2-3-12-13(6-10)21-8-20-12/h2-6,11,18H,7-8H2,1H3,(H2,16,17,19)/t11-/m0/s1. The van der Waals surface area contributed by atoms with Crippen molar-refractivity contribution in [2.45, 2.75) is 13.0 Å². The number of hydrogen-bond acceptors (Lipinski definition) is 5. The molecule has 3 rings (SSSR count). The third-order valence-corrected chi connectivity index (χ3v) is 4.41. The molecule has 2 amide bonds. The number of fused-ring (bicyclic) bond motifs is 1. The fraction of sp³-hybridized carbons (Fsp3) is 0.267. The molecule has 0 saturated heterocycles. The lowest BCUT2D eigenvalue weighted by molar-refractivity contribution is 0.174. The number of carbonyl (C=O) groups excluding carboxylic acids is 1. The number of rotatable bonds is 4. The predicted molar refractivity (Wildman–Crippen MR) is 83.6 cm³/mol. The summed E-state index contributed by atoms with van der Waals surface area (Å²) in [5.41, 5.74) is 1.62. The average molecular weight is 320 g/mol. The number of urea groups is 1. The predicted octanol–water partition coefficient (Wildman–Crippen LogP) is 2.64. The Morgan fingerprint density at radius 1 is 1.36 bits per heavy atom. The summed E-state index contributed by atoms with van der Waals surface area (Å²) >= 11 is 1.47. The van der Waals surface area contributed by atoms with E-state index in [0.717, 1.165) is 10.4 Å². The first kappa shape index (κ1) is 14.7. The Morgan fingerprint density at radius 2 is 2.18 bits per heavy atom. The zero-order valence-corrected chi connectivity index (χ0v) is 12.8. The van der Waals surface area contributed by atoms with Gasteiger partial charge in [-0.25, -0.2) is 4.79 Å². The molecule has 0 fully saturated rings. The number of anilines is 1. The molecule has 6 nitrogen and oxygen atoms in total. The summed E-state index contributed by atoms with van der Waals surface area (Å²) in [7, 11) is 0. The molecule has 1 aliphatic rings. The molecule has 116 valence electrons. The quantitative estimate of drug-likeness (QED) is 0.809. The normalized spacial score (nSPS) is 13.7.